The Morgan fingerprint density at radius 1 is 1.35 bits per heavy atom. The minimum Gasteiger partial charge on any atom is -0.493 e. The number of hydrogen-bond acceptors (Lipinski definition) is 3. The number of ether oxygens (including phenoxy) is 2. The maximum atomic E-state index is 10.3. The molecule has 1 aliphatic rings. The van der Waals surface area contributed by atoms with E-state index in [-0.39, 0.29) is 0 Å². The fourth-order valence-electron chi connectivity index (χ4n) is 3.20. The molecular formula is C19H30NO3+. The van der Waals surface area contributed by atoms with Gasteiger partial charge in [-0.2, -0.15) is 0 Å². The molecule has 1 unspecified atom stereocenters. The molecule has 0 radical (unpaired) electrons. The zero-order valence-electron chi connectivity index (χ0n) is 14.5. The van der Waals surface area contributed by atoms with Crippen LogP contribution < -0.4 is 14.4 Å². The molecule has 0 aliphatic carbocycles. The van der Waals surface area contributed by atoms with E-state index < -0.39 is 6.10 Å². The van der Waals surface area contributed by atoms with Gasteiger partial charge in [-0.1, -0.05) is 18.2 Å². The van der Waals surface area contributed by atoms with E-state index >= 15 is 0 Å². The van der Waals surface area contributed by atoms with Crippen LogP contribution in [0.1, 0.15) is 38.7 Å². The third kappa shape index (κ3) is 5.26. The second kappa shape index (κ2) is 8.94. The number of likely N-dealkylation sites (tertiary alicyclic amines) is 1. The Hall–Kier alpha value is -1.52. The summed E-state index contributed by atoms with van der Waals surface area (Å²) in [7, 11) is 1.64. The molecule has 0 bridgehead atoms. The minimum atomic E-state index is -0.453. The van der Waals surface area contributed by atoms with Crippen molar-refractivity contribution in [3.63, 3.8) is 0 Å². The molecule has 0 amide bonds. The topological polar surface area (TPSA) is 43.1 Å². The number of methoxy groups -OCH3 is 1. The predicted octanol–water partition coefficient (Wildman–Crippen LogP) is 1.93. The number of quaternary nitrogens is 1. The second-order valence-corrected chi connectivity index (χ2v) is 6.38. The quantitative estimate of drug-likeness (QED) is 0.807. The van der Waals surface area contributed by atoms with Crippen LogP contribution >= 0.6 is 0 Å². The Kier molecular flexibility index (Phi) is 6.93. The standard InChI is InChI=1S/C19H29NO3/c1-4-7-16-9-10-18(19(12-16)22-3)23-14-17(21)13-20-11-6-5-8-15(20)2/h4,7,9-10,12,15,17,21H,5-6,8,11,13-14H2,1-3H3/p+1/b7-4+/t15-,17+/m0/s1. The molecule has 4 heteroatoms. The van der Waals surface area contributed by atoms with E-state index in [2.05, 4.69) is 6.92 Å². The molecule has 4 nitrogen and oxygen atoms in total. The van der Waals surface area contributed by atoms with Gasteiger partial charge in [-0.05, 0) is 50.8 Å². The molecule has 1 saturated heterocycles. The van der Waals surface area contributed by atoms with Crippen molar-refractivity contribution in [3.8, 4) is 11.5 Å². The van der Waals surface area contributed by atoms with Crippen LogP contribution in [0, 0.1) is 0 Å². The third-order valence-corrected chi connectivity index (χ3v) is 4.56. The fourth-order valence-corrected chi connectivity index (χ4v) is 3.20. The minimum absolute atomic E-state index is 0.301. The lowest BCUT2D eigenvalue weighted by molar-refractivity contribution is -0.931. The molecule has 1 aromatic carbocycles. The van der Waals surface area contributed by atoms with Crippen LogP contribution in [0.15, 0.2) is 24.3 Å². The second-order valence-electron chi connectivity index (χ2n) is 6.38. The third-order valence-electron chi connectivity index (χ3n) is 4.56. The number of allylic oxidation sites excluding steroid dienone is 1. The number of hydrogen-bond donors (Lipinski definition) is 2. The van der Waals surface area contributed by atoms with Gasteiger partial charge < -0.3 is 19.5 Å². The Labute approximate surface area is 139 Å². The molecule has 2 N–H and O–H groups in total. The number of benzene rings is 1. The highest BCUT2D eigenvalue weighted by atomic mass is 16.5. The van der Waals surface area contributed by atoms with Crippen molar-refractivity contribution in [2.45, 2.75) is 45.3 Å². The summed E-state index contributed by atoms with van der Waals surface area (Å²) in [4.78, 5) is 1.49. The van der Waals surface area contributed by atoms with Gasteiger partial charge in [-0.15, -0.1) is 0 Å². The number of nitrogens with one attached hydrogen (secondary N) is 1. The molecule has 1 heterocycles. The van der Waals surface area contributed by atoms with Crippen LogP contribution in [0.5, 0.6) is 11.5 Å². The van der Waals surface area contributed by atoms with Crippen LogP contribution in [0.25, 0.3) is 6.08 Å². The van der Waals surface area contributed by atoms with Crippen molar-refractivity contribution in [1.29, 1.82) is 0 Å². The van der Waals surface area contributed by atoms with Crippen molar-refractivity contribution >= 4 is 6.08 Å². The summed E-state index contributed by atoms with van der Waals surface area (Å²) in [6.07, 6.45) is 7.37. The Balaban J connectivity index is 1.89. The van der Waals surface area contributed by atoms with Crippen LogP contribution in [0.2, 0.25) is 0 Å². The van der Waals surface area contributed by atoms with Gasteiger partial charge in [0.25, 0.3) is 0 Å². The molecule has 2 rings (SSSR count). The predicted molar refractivity (Wildman–Crippen MR) is 93.2 cm³/mol. The van der Waals surface area contributed by atoms with Crippen molar-refractivity contribution in [1.82, 2.24) is 0 Å². The Morgan fingerprint density at radius 2 is 2.17 bits per heavy atom. The summed E-state index contributed by atoms with van der Waals surface area (Å²) < 4.78 is 11.2. The molecule has 0 spiro atoms. The SMILES string of the molecule is C/C=C/c1ccc(OC[C@H](O)C[NH+]2CCCC[C@@H]2C)c(OC)c1. The molecule has 1 aromatic rings. The lowest BCUT2D eigenvalue weighted by Gasteiger charge is -2.31. The maximum Gasteiger partial charge on any atom is 0.161 e. The maximum absolute atomic E-state index is 10.3. The van der Waals surface area contributed by atoms with Crippen molar-refractivity contribution in [3.05, 3.63) is 29.8 Å². The van der Waals surface area contributed by atoms with Gasteiger partial charge in [0.1, 0.15) is 19.3 Å². The van der Waals surface area contributed by atoms with E-state index in [1.807, 2.05) is 37.3 Å². The van der Waals surface area contributed by atoms with Gasteiger partial charge in [0.2, 0.25) is 0 Å². The van der Waals surface area contributed by atoms with E-state index in [1.54, 1.807) is 7.11 Å². The smallest absolute Gasteiger partial charge is 0.161 e. The molecule has 1 aliphatic heterocycles. The van der Waals surface area contributed by atoms with E-state index in [9.17, 15) is 5.11 Å². The first-order valence-electron chi connectivity index (χ1n) is 8.60. The van der Waals surface area contributed by atoms with Gasteiger partial charge in [0.05, 0.1) is 19.7 Å². The molecule has 3 atom stereocenters. The van der Waals surface area contributed by atoms with Gasteiger partial charge in [0, 0.05) is 0 Å². The van der Waals surface area contributed by atoms with Crippen LogP contribution in [0.3, 0.4) is 0 Å². The average Bonchev–Trinajstić information content (AvgIpc) is 2.56. The highest BCUT2D eigenvalue weighted by molar-refractivity contribution is 5.55. The van der Waals surface area contributed by atoms with E-state index in [0.717, 1.165) is 18.7 Å². The molecule has 0 saturated carbocycles. The summed E-state index contributed by atoms with van der Waals surface area (Å²) >= 11 is 0. The first-order chi connectivity index (χ1) is 11.1. The first kappa shape index (κ1) is 17.8. The molecule has 128 valence electrons. The van der Waals surface area contributed by atoms with E-state index in [1.165, 1.54) is 24.2 Å². The number of piperidine rings is 1. The number of aliphatic hydroxyl groups excluding tert-OH is 1. The highest BCUT2D eigenvalue weighted by Gasteiger charge is 2.24. The Bertz CT molecular complexity index is 515. The summed E-state index contributed by atoms with van der Waals surface area (Å²) in [5.41, 5.74) is 1.07. The highest BCUT2D eigenvalue weighted by Crippen LogP contribution is 2.28. The zero-order valence-corrected chi connectivity index (χ0v) is 14.5. The summed E-state index contributed by atoms with van der Waals surface area (Å²) in [6.45, 7) is 6.46. The van der Waals surface area contributed by atoms with Crippen molar-refractivity contribution < 1.29 is 19.5 Å². The zero-order chi connectivity index (χ0) is 16.7. The van der Waals surface area contributed by atoms with E-state index in [4.69, 9.17) is 9.47 Å². The van der Waals surface area contributed by atoms with Crippen LogP contribution in [0.4, 0.5) is 0 Å². The van der Waals surface area contributed by atoms with Crippen molar-refractivity contribution in [2.24, 2.45) is 0 Å². The molecule has 23 heavy (non-hydrogen) atoms. The Morgan fingerprint density at radius 3 is 2.87 bits per heavy atom. The lowest BCUT2D eigenvalue weighted by atomic mass is 10.0. The average molecular weight is 320 g/mol. The normalized spacial score (nSPS) is 23.0. The van der Waals surface area contributed by atoms with Crippen molar-refractivity contribution in [2.75, 3.05) is 26.8 Å². The summed E-state index contributed by atoms with van der Waals surface area (Å²) in [5, 5.41) is 10.3. The lowest BCUT2D eigenvalue weighted by Crippen LogP contribution is -3.17. The number of aliphatic hydroxyl groups is 1. The largest absolute Gasteiger partial charge is 0.493 e. The van der Waals surface area contributed by atoms with Gasteiger partial charge in [-0.25, -0.2) is 0 Å². The van der Waals surface area contributed by atoms with Gasteiger partial charge in [-0.3, -0.25) is 0 Å². The molecule has 0 aromatic heterocycles. The first-order valence-corrected chi connectivity index (χ1v) is 8.60. The van der Waals surface area contributed by atoms with Gasteiger partial charge in [0.15, 0.2) is 11.5 Å². The van der Waals surface area contributed by atoms with Crippen LogP contribution in [-0.2, 0) is 0 Å². The summed E-state index contributed by atoms with van der Waals surface area (Å²) in [5.74, 6) is 1.38. The van der Waals surface area contributed by atoms with E-state index in [0.29, 0.717) is 24.1 Å². The summed E-state index contributed by atoms with van der Waals surface area (Å²) in [6, 6.07) is 6.46. The fraction of sp³-hybridized carbons (Fsp3) is 0.579. The molecule has 1 fully saturated rings. The van der Waals surface area contributed by atoms with Crippen LogP contribution in [-0.4, -0.2) is 44.1 Å². The van der Waals surface area contributed by atoms with Gasteiger partial charge >= 0.3 is 0 Å². The molecular weight excluding hydrogens is 290 g/mol. The monoisotopic (exact) mass is 320 g/mol. The number of rotatable bonds is 7.